The number of pyridine rings is 1. The van der Waals surface area contributed by atoms with Crippen LogP contribution in [0, 0.1) is 0 Å². The molecule has 0 saturated carbocycles. The number of rotatable bonds is 5. The van der Waals surface area contributed by atoms with Crippen molar-refractivity contribution in [3.8, 4) is 17.0 Å². The van der Waals surface area contributed by atoms with Gasteiger partial charge in [-0.05, 0) is 45.9 Å². The van der Waals surface area contributed by atoms with E-state index in [0.717, 1.165) is 22.6 Å². The number of fused-ring (bicyclic) bond motifs is 1. The van der Waals surface area contributed by atoms with Crippen LogP contribution in [0.5, 0.6) is 5.88 Å². The van der Waals surface area contributed by atoms with Crippen LogP contribution in [0.2, 0.25) is 0 Å². The molecule has 0 atom stereocenters. The number of carbonyl (C=O) groups excluding carboxylic acids is 1. The Morgan fingerprint density at radius 2 is 1.81 bits per heavy atom. The van der Waals surface area contributed by atoms with Crippen LogP contribution in [-0.4, -0.2) is 69.0 Å². The zero-order valence-electron chi connectivity index (χ0n) is 18.4. The Morgan fingerprint density at radius 3 is 2.52 bits per heavy atom. The van der Waals surface area contributed by atoms with Crippen molar-refractivity contribution >= 4 is 17.6 Å². The van der Waals surface area contributed by atoms with E-state index in [1.165, 1.54) is 0 Å². The van der Waals surface area contributed by atoms with Crippen LogP contribution < -0.4 is 9.64 Å². The monoisotopic (exact) mass is 424 g/mol. The van der Waals surface area contributed by atoms with Gasteiger partial charge in [-0.25, -0.2) is 19.3 Å². The number of hydrogen-bond donors (Lipinski definition) is 0. The van der Waals surface area contributed by atoms with Gasteiger partial charge in [0.2, 0.25) is 5.88 Å². The number of hydrogen-bond acceptors (Lipinski definition) is 7. The lowest BCUT2D eigenvalue weighted by Crippen LogP contribution is -2.49. The Bertz CT molecular complexity index is 1060. The highest BCUT2D eigenvalue weighted by Crippen LogP contribution is 2.31. The number of piperazine rings is 1. The van der Waals surface area contributed by atoms with E-state index in [2.05, 4.69) is 15.0 Å². The molecule has 9 heteroatoms. The molecule has 9 nitrogen and oxygen atoms in total. The normalized spacial score (nSPS) is 14.5. The van der Waals surface area contributed by atoms with Gasteiger partial charge < -0.3 is 19.3 Å². The molecule has 4 rings (SSSR count). The van der Waals surface area contributed by atoms with Crippen molar-refractivity contribution in [1.82, 2.24) is 24.5 Å². The summed E-state index contributed by atoms with van der Waals surface area (Å²) in [6, 6.07) is 5.79. The predicted octanol–water partition coefficient (Wildman–Crippen LogP) is 3.25. The van der Waals surface area contributed by atoms with Gasteiger partial charge in [0, 0.05) is 44.1 Å². The quantitative estimate of drug-likeness (QED) is 0.621. The Balaban J connectivity index is 1.57. The van der Waals surface area contributed by atoms with Crippen LogP contribution >= 0.6 is 0 Å². The van der Waals surface area contributed by atoms with E-state index >= 15 is 0 Å². The first-order valence-electron chi connectivity index (χ1n) is 10.6. The topological polar surface area (TPSA) is 85.1 Å². The van der Waals surface area contributed by atoms with E-state index in [9.17, 15) is 4.79 Å². The molecule has 0 aromatic carbocycles. The molecule has 31 heavy (non-hydrogen) atoms. The third-order valence-electron chi connectivity index (χ3n) is 4.96. The molecular formula is C22H28N6O3. The van der Waals surface area contributed by atoms with Crippen molar-refractivity contribution in [1.29, 1.82) is 0 Å². The van der Waals surface area contributed by atoms with Crippen LogP contribution in [0.25, 0.3) is 16.8 Å². The number of nitrogens with zero attached hydrogens (tertiary/aromatic N) is 6. The summed E-state index contributed by atoms with van der Waals surface area (Å²) in [5, 5.41) is 4.45. The molecule has 0 spiro atoms. The smallest absolute Gasteiger partial charge is 0.410 e. The number of anilines is 1. The van der Waals surface area contributed by atoms with Crippen LogP contribution in [0.3, 0.4) is 0 Å². The molecule has 0 radical (unpaired) electrons. The maximum atomic E-state index is 12.1. The number of aromatic nitrogens is 4. The van der Waals surface area contributed by atoms with Gasteiger partial charge >= 0.3 is 6.09 Å². The third kappa shape index (κ3) is 4.55. The van der Waals surface area contributed by atoms with Crippen LogP contribution in [0.1, 0.15) is 27.7 Å². The first kappa shape index (κ1) is 20.9. The van der Waals surface area contributed by atoms with Crippen molar-refractivity contribution in [2.24, 2.45) is 0 Å². The zero-order valence-corrected chi connectivity index (χ0v) is 18.4. The molecular weight excluding hydrogens is 396 g/mol. The summed E-state index contributed by atoms with van der Waals surface area (Å²) >= 11 is 0. The average Bonchev–Trinajstić information content (AvgIpc) is 3.16. The second-order valence-electron chi connectivity index (χ2n) is 8.04. The minimum atomic E-state index is -0.259. The fourth-order valence-electron chi connectivity index (χ4n) is 3.53. The Labute approximate surface area is 181 Å². The number of amides is 1. The fourth-order valence-corrected chi connectivity index (χ4v) is 3.53. The van der Waals surface area contributed by atoms with E-state index in [4.69, 9.17) is 14.5 Å². The molecule has 4 heterocycles. The van der Waals surface area contributed by atoms with Gasteiger partial charge in [-0.3, -0.25) is 0 Å². The summed E-state index contributed by atoms with van der Waals surface area (Å²) in [5.41, 5.74) is 2.46. The highest BCUT2D eigenvalue weighted by Gasteiger charge is 2.24. The van der Waals surface area contributed by atoms with Gasteiger partial charge in [-0.15, -0.1) is 0 Å². The summed E-state index contributed by atoms with van der Waals surface area (Å²) < 4.78 is 12.9. The van der Waals surface area contributed by atoms with Crippen molar-refractivity contribution in [2.75, 3.05) is 31.1 Å². The summed E-state index contributed by atoms with van der Waals surface area (Å²) in [6.07, 6.45) is 5.04. The lowest BCUT2D eigenvalue weighted by atomic mass is 10.1. The molecule has 164 valence electrons. The highest BCUT2D eigenvalue weighted by molar-refractivity contribution is 5.80. The van der Waals surface area contributed by atoms with E-state index in [-0.39, 0.29) is 18.3 Å². The average molecular weight is 425 g/mol. The second kappa shape index (κ2) is 8.79. The first-order chi connectivity index (χ1) is 14.9. The van der Waals surface area contributed by atoms with Gasteiger partial charge in [-0.2, -0.15) is 5.10 Å². The van der Waals surface area contributed by atoms with Crippen molar-refractivity contribution < 1.29 is 14.3 Å². The van der Waals surface area contributed by atoms with Gasteiger partial charge in [-0.1, -0.05) is 0 Å². The summed E-state index contributed by atoms with van der Waals surface area (Å²) in [4.78, 5) is 25.3. The third-order valence-corrected chi connectivity index (χ3v) is 4.96. The molecule has 0 N–H and O–H groups in total. The Kier molecular flexibility index (Phi) is 5.92. The van der Waals surface area contributed by atoms with Gasteiger partial charge in [0.05, 0.1) is 24.0 Å². The first-order valence-corrected chi connectivity index (χ1v) is 10.6. The number of ether oxygens (including phenoxy) is 2. The van der Waals surface area contributed by atoms with Gasteiger partial charge in [0.15, 0.2) is 5.65 Å². The van der Waals surface area contributed by atoms with Crippen LogP contribution in [0.15, 0.2) is 36.8 Å². The lowest BCUT2D eigenvalue weighted by Gasteiger charge is -2.35. The van der Waals surface area contributed by atoms with Gasteiger partial charge in [0.25, 0.3) is 0 Å². The van der Waals surface area contributed by atoms with E-state index < -0.39 is 0 Å². The molecule has 1 fully saturated rings. The predicted molar refractivity (Wildman–Crippen MR) is 117 cm³/mol. The van der Waals surface area contributed by atoms with E-state index in [1.54, 1.807) is 21.8 Å². The molecule has 0 aliphatic carbocycles. The molecule has 0 bridgehead atoms. The van der Waals surface area contributed by atoms with Crippen molar-refractivity contribution in [3.05, 3.63) is 36.8 Å². The van der Waals surface area contributed by atoms with Crippen molar-refractivity contribution in [2.45, 2.75) is 39.9 Å². The molecule has 3 aromatic heterocycles. The Morgan fingerprint density at radius 1 is 1.03 bits per heavy atom. The molecule has 1 aliphatic rings. The Hall–Kier alpha value is -3.36. The minimum absolute atomic E-state index is 0.0118. The molecule has 1 aliphatic heterocycles. The largest absolute Gasteiger partial charge is 0.475 e. The standard InChI is InChI=1S/C22H28N6O3/c1-15(2)30-21-17(6-5-8-23-21)18-14-24-28-9-7-19(25-20(18)28)26-10-12-27(13-11-26)22(29)31-16(3)4/h5-9,14-16H,10-13H2,1-4H3. The van der Waals surface area contributed by atoms with E-state index in [0.29, 0.717) is 32.1 Å². The zero-order chi connectivity index (χ0) is 22.0. The number of carbonyl (C=O) groups is 1. The minimum Gasteiger partial charge on any atom is -0.475 e. The maximum absolute atomic E-state index is 12.1. The van der Waals surface area contributed by atoms with Crippen LogP contribution in [0.4, 0.5) is 10.6 Å². The SMILES string of the molecule is CC(C)OC(=O)N1CCN(c2ccn3ncc(-c4cccnc4OC(C)C)c3n2)CC1. The summed E-state index contributed by atoms with van der Waals surface area (Å²) in [7, 11) is 0. The van der Waals surface area contributed by atoms with Crippen molar-refractivity contribution in [3.63, 3.8) is 0 Å². The molecule has 1 saturated heterocycles. The fraction of sp³-hybridized carbons (Fsp3) is 0.455. The lowest BCUT2D eigenvalue weighted by molar-refractivity contribution is 0.0751. The van der Waals surface area contributed by atoms with E-state index in [1.807, 2.05) is 52.1 Å². The summed E-state index contributed by atoms with van der Waals surface area (Å²) in [5.74, 6) is 1.42. The highest BCUT2D eigenvalue weighted by atomic mass is 16.6. The summed E-state index contributed by atoms with van der Waals surface area (Å²) in [6.45, 7) is 10.2. The van der Waals surface area contributed by atoms with Crippen LogP contribution in [-0.2, 0) is 4.74 Å². The molecule has 0 unspecified atom stereocenters. The molecule has 1 amide bonds. The molecule has 3 aromatic rings. The second-order valence-corrected chi connectivity index (χ2v) is 8.04. The van der Waals surface area contributed by atoms with Gasteiger partial charge in [0.1, 0.15) is 5.82 Å². The maximum Gasteiger partial charge on any atom is 0.410 e.